The molecule has 4 rings (SSSR count). The third-order valence-corrected chi connectivity index (χ3v) is 5.56. The summed E-state index contributed by atoms with van der Waals surface area (Å²) in [5, 5.41) is 4.31. The number of nitrogens with one attached hydrogen (secondary N) is 1. The van der Waals surface area contributed by atoms with Crippen molar-refractivity contribution in [3.05, 3.63) is 78.6 Å². The van der Waals surface area contributed by atoms with Crippen molar-refractivity contribution in [2.24, 2.45) is 0 Å². The maximum atomic E-state index is 5.76. The third kappa shape index (κ3) is 4.16. The monoisotopic (exact) mass is 406 g/mol. The molecule has 6 nitrogen and oxygen atoms in total. The number of aromatic nitrogens is 3. The summed E-state index contributed by atoms with van der Waals surface area (Å²) in [5.74, 6) is 0. The molecule has 0 bridgehead atoms. The average Bonchev–Trinajstić information content (AvgIpc) is 3.34. The predicted octanol–water partition coefficient (Wildman–Crippen LogP) is 3.19. The molecule has 1 aliphatic rings. The zero-order chi connectivity index (χ0) is 20.2. The highest BCUT2D eigenvalue weighted by Gasteiger charge is 2.40. The van der Waals surface area contributed by atoms with E-state index in [9.17, 15) is 0 Å². The van der Waals surface area contributed by atoms with Gasteiger partial charge in [-0.3, -0.25) is 9.97 Å². The number of rotatable bonds is 7. The van der Waals surface area contributed by atoms with Crippen LogP contribution in [0.1, 0.15) is 29.9 Å². The number of nitrogens with zero attached hydrogens (tertiary/aromatic N) is 5. The van der Waals surface area contributed by atoms with Crippen LogP contribution in [0.3, 0.4) is 0 Å². The smallest absolute Gasteiger partial charge is 0.170 e. The van der Waals surface area contributed by atoms with Crippen LogP contribution in [0.2, 0.25) is 0 Å². The Morgan fingerprint density at radius 2 is 2.00 bits per heavy atom. The highest BCUT2D eigenvalue weighted by Crippen LogP contribution is 2.39. The molecule has 1 saturated heterocycles. The average molecular weight is 407 g/mol. The molecule has 29 heavy (non-hydrogen) atoms. The quantitative estimate of drug-likeness (QED) is 0.608. The lowest BCUT2D eigenvalue weighted by molar-refractivity contribution is 0.286. The minimum atomic E-state index is -0.00613. The Hall–Kier alpha value is -2.77. The molecule has 1 N–H and O–H groups in total. The first kappa shape index (κ1) is 19.5. The van der Waals surface area contributed by atoms with Crippen LogP contribution in [0.15, 0.2) is 67.3 Å². The Kier molecular flexibility index (Phi) is 5.87. The SMILES string of the molecule is CN(C)CCCN1C(=S)N[C@@H](c2ccccn2)[C@H]1c1cccn1-c1cccnc1. The van der Waals surface area contributed by atoms with Gasteiger partial charge in [-0.1, -0.05) is 6.07 Å². The van der Waals surface area contributed by atoms with Crippen molar-refractivity contribution in [2.45, 2.75) is 18.5 Å². The van der Waals surface area contributed by atoms with Crippen molar-refractivity contribution in [3.63, 3.8) is 0 Å². The van der Waals surface area contributed by atoms with Gasteiger partial charge in [0, 0.05) is 30.8 Å². The van der Waals surface area contributed by atoms with Gasteiger partial charge < -0.3 is 19.7 Å². The Morgan fingerprint density at radius 1 is 1.10 bits per heavy atom. The molecule has 0 spiro atoms. The van der Waals surface area contributed by atoms with Gasteiger partial charge >= 0.3 is 0 Å². The molecule has 7 heteroatoms. The second-order valence-electron chi connectivity index (χ2n) is 7.49. The Morgan fingerprint density at radius 3 is 2.72 bits per heavy atom. The molecule has 1 aliphatic heterocycles. The molecular formula is C22H26N6S. The lowest BCUT2D eigenvalue weighted by atomic mass is 10.0. The Labute approximate surface area is 177 Å². The first-order valence-corrected chi connectivity index (χ1v) is 10.3. The highest BCUT2D eigenvalue weighted by atomic mass is 32.1. The van der Waals surface area contributed by atoms with Crippen molar-refractivity contribution in [1.82, 2.24) is 29.7 Å². The lowest BCUT2D eigenvalue weighted by Crippen LogP contribution is -2.33. The number of pyridine rings is 2. The van der Waals surface area contributed by atoms with E-state index in [1.54, 1.807) is 6.20 Å². The molecule has 0 unspecified atom stereocenters. The Bertz CT molecular complexity index is 940. The third-order valence-electron chi connectivity index (χ3n) is 5.21. The van der Waals surface area contributed by atoms with Crippen molar-refractivity contribution in [1.29, 1.82) is 0 Å². The van der Waals surface area contributed by atoms with Gasteiger partial charge in [-0.2, -0.15) is 0 Å². The zero-order valence-electron chi connectivity index (χ0n) is 16.8. The fourth-order valence-corrected chi connectivity index (χ4v) is 4.22. The summed E-state index contributed by atoms with van der Waals surface area (Å²) in [7, 11) is 4.20. The summed E-state index contributed by atoms with van der Waals surface area (Å²) in [6.07, 6.45) is 8.64. The maximum Gasteiger partial charge on any atom is 0.170 e. The highest BCUT2D eigenvalue weighted by molar-refractivity contribution is 7.80. The van der Waals surface area contributed by atoms with E-state index < -0.39 is 0 Å². The fraction of sp³-hybridized carbons (Fsp3) is 0.318. The van der Waals surface area contributed by atoms with Crippen LogP contribution in [0.25, 0.3) is 5.69 Å². The molecule has 4 heterocycles. The first-order chi connectivity index (χ1) is 14.1. The van der Waals surface area contributed by atoms with Crippen molar-refractivity contribution >= 4 is 17.3 Å². The van der Waals surface area contributed by atoms with E-state index in [4.69, 9.17) is 12.2 Å². The lowest BCUT2D eigenvalue weighted by Gasteiger charge is -2.29. The number of hydrogen-bond acceptors (Lipinski definition) is 4. The number of thiocarbonyl (C=S) groups is 1. The summed E-state index contributed by atoms with van der Waals surface area (Å²) in [5.41, 5.74) is 3.21. The van der Waals surface area contributed by atoms with E-state index in [2.05, 4.69) is 74.2 Å². The summed E-state index contributed by atoms with van der Waals surface area (Å²) in [6.45, 7) is 1.90. The molecule has 0 aliphatic carbocycles. The summed E-state index contributed by atoms with van der Waals surface area (Å²) < 4.78 is 2.20. The van der Waals surface area contributed by atoms with Gasteiger partial charge in [0.05, 0.1) is 29.7 Å². The van der Waals surface area contributed by atoms with E-state index in [1.165, 1.54) is 5.69 Å². The molecule has 0 saturated carbocycles. The van der Waals surface area contributed by atoms with Crippen molar-refractivity contribution in [3.8, 4) is 5.69 Å². The molecule has 2 atom stereocenters. The second kappa shape index (κ2) is 8.71. The topological polar surface area (TPSA) is 49.2 Å². The van der Waals surface area contributed by atoms with Gasteiger partial charge in [-0.05, 0) is 75.7 Å². The van der Waals surface area contributed by atoms with Crippen LogP contribution in [-0.4, -0.2) is 56.6 Å². The standard InChI is InChI=1S/C22H26N6S/c1-26(2)13-7-15-28-21(20(25-22(28)29)18-9-3-4-12-24-18)19-10-6-14-27(19)17-8-5-11-23-16-17/h3-6,8-12,14,16,20-21H,7,13,15H2,1-2H3,(H,25,29)/t20-,21+/m0/s1. The van der Waals surface area contributed by atoms with Crippen LogP contribution in [0.5, 0.6) is 0 Å². The normalized spacial score (nSPS) is 19.0. The van der Waals surface area contributed by atoms with Crippen LogP contribution in [0.4, 0.5) is 0 Å². The largest absolute Gasteiger partial charge is 0.352 e. The molecule has 3 aromatic rings. The predicted molar refractivity (Wildman–Crippen MR) is 119 cm³/mol. The molecule has 1 fully saturated rings. The number of hydrogen-bond donors (Lipinski definition) is 1. The maximum absolute atomic E-state index is 5.76. The zero-order valence-corrected chi connectivity index (χ0v) is 17.6. The van der Waals surface area contributed by atoms with E-state index in [-0.39, 0.29) is 12.1 Å². The van der Waals surface area contributed by atoms with Gasteiger partial charge in [0.2, 0.25) is 0 Å². The van der Waals surface area contributed by atoms with Gasteiger partial charge in [0.25, 0.3) is 0 Å². The van der Waals surface area contributed by atoms with Crippen LogP contribution < -0.4 is 5.32 Å². The van der Waals surface area contributed by atoms with Gasteiger partial charge in [-0.25, -0.2) is 0 Å². The van der Waals surface area contributed by atoms with Gasteiger partial charge in [-0.15, -0.1) is 0 Å². The van der Waals surface area contributed by atoms with Gasteiger partial charge in [0.15, 0.2) is 5.11 Å². The van der Waals surface area contributed by atoms with E-state index in [0.717, 1.165) is 36.0 Å². The molecule has 0 aromatic carbocycles. The summed E-state index contributed by atoms with van der Waals surface area (Å²) >= 11 is 5.76. The van der Waals surface area contributed by atoms with E-state index in [1.807, 2.05) is 30.6 Å². The van der Waals surface area contributed by atoms with Crippen LogP contribution >= 0.6 is 12.2 Å². The van der Waals surface area contributed by atoms with Crippen LogP contribution in [0, 0.1) is 0 Å². The molecule has 0 amide bonds. The van der Waals surface area contributed by atoms with E-state index >= 15 is 0 Å². The first-order valence-electron chi connectivity index (χ1n) is 9.85. The molecule has 0 radical (unpaired) electrons. The Balaban J connectivity index is 1.72. The summed E-state index contributed by atoms with van der Waals surface area (Å²) in [6, 6.07) is 14.4. The molecule has 150 valence electrons. The molecular weight excluding hydrogens is 380 g/mol. The van der Waals surface area contributed by atoms with Gasteiger partial charge in [0.1, 0.15) is 0 Å². The second-order valence-corrected chi connectivity index (χ2v) is 7.88. The minimum absolute atomic E-state index is 0.00613. The van der Waals surface area contributed by atoms with Crippen molar-refractivity contribution < 1.29 is 0 Å². The fourth-order valence-electron chi connectivity index (χ4n) is 3.89. The summed E-state index contributed by atoms with van der Waals surface area (Å²) in [4.78, 5) is 13.4. The van der Waals surface area contributed by atoms with Crippen molar-refractivity contribution in [2.75, 3.05) is 27.2 Å². The minimum Gasteiger partial charge on any atom is -0.352 e. The van der Waals surface area contributed by atoms with Crippen LogP contribution in [-0.2, 0) is 0 Å². The molecule has 3 aromatic heterocycles. The van der Waals surface area contributed by atoms with E-state index in [0.29, 0.717) is 0 Å².